The molecule has 1 heterocycles. The molecule has 0 radical (unpaired) electrons. The highest BCUT2D eigenvalue weighted by Crippen LogP contribution is 2.30. The first-order valence-corrected chi connectivity index (χ1v) is 13.9. The van der Waals surface area contributed by atoms with Crippen LogP contribution in [0.1, 0.15) is 58.6 Å². The van der Waals surface area contributed by atoms with Gasteiger partial charge in [0.25, 0.3) is 0 Å². The van der Waals surface area contributed by atoms with Gasteiger partial charge in [0.1, 0.15) is 11.4 Å². The minimum absolute atomic E-state index is 0.0279. The van der Waals surface area contributed by atoms with E-state index >= 15 is 0 Å². The molecule has 1 fully saturated rings. The summed E-state index contributed by atoms with van der Waals surface area (Å²) in [5.74, 6) is -0.0484. The predicted molar refractivity (Wildman–Crippen MR) is 153 cm³/mol. The summed E-state index contributed by atoms with van der Waals surface area (Å²) in [5.41, 5.74) is 1.15. The van der Waals surface area contributed by atoms with Gasteiger partial charge in [-0.05, 0) is 55.4 Å². The molecule has 212 valence electrons. The van der Waals surface area contributed by atoms with Crippen molar-refractivity contribution >= 4 is 17.5 Å². The number of carbonyl (C=O) groups excluding carboxylic acids is 3. The van der Waals surface area contributed by atoms with Gasteiger partial charge in [-0.3, -0.25) is 14.4 Å². The van der Waals surface area contributed by atoms with Crippen LogP contribution in [-0.4, -0.2) is 54.9 Å². The largest absolute Gasteiger partial charge is 0.497 e. The average Bonchev–Trinajstić information content (AvgIpc) is 3.65. The molecule has 3 rings (SSSR count). The molecule has 0 bridgehead atoms. The number of amides is 1. The van der Waals surface area contributed by atoms with E-state index in [1.165, 1.54) is 0 Å². The van der Waals surface area contributed by atoms with Crippen LogP contribution >= 0.6 is 0 Å². The summed E-state index contributed by atoms with van der Waals surface area (Å²) >= 11 is 0. The molecule has 2 aromatic rings. The molecule has 39 heavy (non-hydrogen) atoms. The number of carbonyl (C=O) groups is 3. The molecule has 0 aromatic heterocycles. The number of rotatable bonds is 16. The van der Waals surface area contributed by atoms with E-state index in [2.05, 4.69) is 10.6 Å². The molecule has 1 aliphatic heterocycles. The molecule has 1 aliphatic rings. The number of Topliss-reactive ketones (excluding diaryl/α,β-unsaturated/α-hetero) is 2. The molecule has 7 nitrogen and oxygen atoms in total. The molecule has 0 saturated carbocycles. The lowest BCUT2D eigenvalue weighted by atomic mass is 9.88. The van der Waals surface area contributed by atoms with E-state index in [9.17, 15) is 14.4 Å². The molecule has 4 atom stereocenters. The van der Waals surface area contributed by atoms with Gasteiger partial charge in [0.15, 0.2) is 11.6 Å². The summed E-state index contributed by atoms with van der Waals surface area (Å²) in [7, 11) is 1.62. The molecule has 0 spiro atoms. The van der Waals surface area contributed by atoms with Gasteiger partial charge in [0, 0.05) is 18.4 Å². The number of hydrogen-bond acceptors (Lipinski definition) is 6. The van der Waals surface area contributed by atoms with E-state index in [0.717, 1.165) is 16.9 Å². The zero-order chi connectivity index (χ0) is 28.6. The molecule has 0 unspecified atom stereocenters. The second-order valence-corrected chi connectivity index (χ2v) is 11.6. The van der Waals surface area contributed by atoms with Gasteiger partial charge in [-0.25, -0.2) is 0 Å². The van der Waals surface area contributed by atoms with Crippen LogP contribution in [-0.2, 0) is 32.0 Å². The molecule has 7 heteroatoms. The van der Waals surface area contributed by atoms with Gasteiger partial charge in [0.05, 0.1) is 25.8 Å². The van der Waals surface area contributed by atoms with Crippen molar-refractivity contribution in [3.8, 4) is 5.75 Å². The van der Waals surface area contributed by atoms with Crippen LogP contribution in [0, 0.1) is 11.8 Å². The van der Waals surface area contributed by atoms with Crippen molar-refractivity contribution in [1.29, 1.82) is 0 Å². The van der Waals surface area contributed by atoms with Crippen molar-refractivity contribution < 1.29 is 23.9 Å². The number of hydrogen-bond donors (Lipinski definition) is 2. The van der Waals surface area contributed by atoms with Crippen molar-refractivity contribution in [3.05, 3.63) is 65.7 Å². The Hall–Kier alpha value is -3.03. The van der Waals surface area contributed by atoms with Gasteiger partial charge in [-0.15, -0.1) is 0 Å². The smallest absolute Gasteiger partial charge is 0.224 e. The third-order valence-corrected chi connectivity index (χ3v) is 7.10. The maximum atomic E-state index is 13.7. The number of ketones is 2. The van der Waals surface area contributed by atoms with Gasteiger partial charge in [-0.2, -0.15) is 0 Å². The molecular weight excluding hydrogens is 492 g/mol. The number of nitrogens with one attached hydrogen (secondary N) is 2. The van der Waals surface area contributed by atoms with Crippen molar-refractivity contribution in [2.24, 2.45) is 11.8 Å². The van der Waals surface area contributed by atoms with Crippen LogP contribution in [0.25, 0.3) is 0 Å². The van der Waals surface area contributed by atoms with Crippen molar-refractivity contribution in [1.82, 2.24) is 10.6 Å². The van der Waals surface area contributed by atoms with Gasteiger partial charge >= 0.3 is 0 Å². The third-order valence-electron chi connectivity index (χ3n) is 7.10. The van der Waals surface area contributed by atoms with Crippen molar-refractivity contribution in [2.75, 3.05) is 13.7 Å². The minimum atomic E-state index is -0.831. The van der Waals surface area contributed by atoms with E-state index in [1.54, 1.807) is 14.0 Å². The number of benzene rings is 2. The summed E-state index contributed by atoms with van der Waals surface area (Å²) in [6.07, 6.45) is 1.50. The predicted octanol–water partition coefficient (Wildman–Crippen LogP) is 4.31. The normalized spacial score (nSPS) is 18.9. The maximum absolute atomic E-state index is 13.7. The van der Waals surface area contributed by atoms with Crippen LogP contribution in [0.3, 0.4) is 0 Å². The van der Waals surface area contributed by atoms with Gasteiger partial charge < -0.3 is 20.1 Å². The zero-order valence-corrected chi connectivity index (χ0v) is 24.2. The quantitative estimate of drug-likeness (QED) is 0.310. The first-order valence-electron chi connectivity index (χ1n) is 13.9. The fraction of sp³-hybridized carbons (Fsp3) is 0.531. The highest BCUT2D eigenvalue weighted by Gasteiger charge is 2.50. The van der Waals surface area contributed by atoms with E-state index < -0.39 is 23.6 Å². The van der Waals surface area contributed by atoms with Gasteiger partial charge in [0.2, 0.25) is 5.91 Å². The second kappa shape index (κ2) is 13.9. The van der Waals surface area contributed by atoms with Crippen LogP contribution < -0.4 is 15.4 Å². The Labute approximate surface area is 233 Å². The second-order valence-electron chi connectivity index (χ2n) is 11.6. The summed E-state index contributed by atoms with van der Waals surface area (Å²) < 4.78 is 10.7. The Morgan fingerprint density at radius 2 is 1.54 bits per heavy atom. The lowest BCUT2D eigenvalue weighted by Crippen LogP contribution is -2.50. The minimum Gasteiger partial charge on any atom is -0.497 e. The first-order chi connectivity index (χ1) is 18.5. The van der Waals surface area contributed by atoms with Crippen LogP contribution in [0.5, 0.6) is 5.75 Å². The topological polar surface area (TPSA) is 97.0 Å². The molecule has 1 amide bonds. The maximum Gasteiger partial charge on any atom is 0.224 e. The average molecular weight is 537 g/mol. The van der Waals surface area contributed by atoms with E-state index in [4.69, 9.17) is 9.47 Å². The molecule has 2 aromatic carbocycles. The molecule has 0 aliphatic carbocycles. The Bertz CT molecular complexity index is 1090. The van der Waals surface area contributed by atoms with Crippen LogP contribution in [0.15, 0.2) is 54.6 Å². The van der Waals surface area contributed by atoms with E-state index in [1.807, 2.05) is 82.3 Å². The molecular formula is C32H44N2O5. The molecule has 2 N–H and O–H groups in total. The lowest BCUT2D eigenvalue weighted by molar-refractivity contribution is -0.134. The Kier molecular flexibility index (Phi) is 10.8. The third kappa shape index (κ3) is 9.29. The fourth-order valence-electron chi connectivity index (χ4n) is 4.82. The summed E-state index contributed by atoms with van der Waals surface area (Å²) in [6, 6.07) is 16.4. The first kappa shape index (κ1) is 30.5. The SMILES string of the molecule is COc1ccc(C[C@H](NC(C)C)C(=O)C[C@@H](Cc2ccccc2)C(=O)N[C@@H](CC(C)C)C(=O)[C@@]2(C)CO2)cc1. The summed E-state index contributed by atoms with van der Waals surface area (Å²) in [4.78, 5) is 40.6. The standard InChI is InChI=1S/C32H44N2O5/c1-21(2)16-28(30(36)32(5)20-39-32)34-31(37)25(17-23-10-8-7-9-11-23)19-29(35)27(33-22(3)4)18-24-12-14-26(38-6)15-13-24/h7-15,21-22,25,27-28,33H,16-20H2,1-6H3,(H,34,37)/t25-,27+,28+,32-/m1/s1. The van der Waals surface area contributed by atoms with E-state index in [-0.39, 0.29) is 35.9 Å². The number of epoxide rings is 1. The highest BCUT2D eigenvalue weighted by atomic mass is 16.6. The Balaban J connectivity index is 1.80. The van der Waals surface area contributed by atoms with Crippen LogP contribution in [0.2, 0.25) is 0 Å². The highest BCUT2D eigenvalue weighted by molar-refractivity contribution is 5.97. The lowest BCUT2D eigenvalue weighted by Gasteiger charge is -2.26. The van der Waals surface area contributed by atoms with Crippen molar-refractivity contribution in [3.63, 3.8) is 0 Å². The summed E-state index contributed by atoms with van der Waals surface area (Å²) in [5, 5.41) is 6.40. The monoisotopic (exact) mass is 536 g/mol. The molecule has 1 saturated heterocycles. The number of ether oxygens (including phenoxy) is 2. The van der Waals surface area contributed by atoms with Crippen LogP contribution in [0.4, 0.5) is 0 Å². The number of methoxy groups -OCH3 is 1. The van der Waals surface area contributed by atoms with E-state index in [0.29, 0.717) is 25.9 Å². The Morgan fingerprint density at radius 3 is 2.08 bits per heavy atom. The fourth-order valence-corrected chi connectivity index (χ4v) is 4.82. The zero-order valence-electron chi connectivity index (χ0n) is 24.2. The Morgan fingerprint density at radius 1 is 0.923 bits per heavy atom. The van der Waals surface area contributed by atoms with Gasteiger partial charge in [-0.1, -0.05) is 70.2 Å². The van der Waals surface area contributed by atoms with Crippen molar-refractivity contribution in [2.45, 2.75) is 84.0 Å². The summed E-state index contributed by atoms with van der Waals surface area (Å²) in [6.45, 7) is 10.2.